The van der Waals surface area contributed by atoms with E-state index in [1.165, 1.54) is 6.92 Å². The summed E-state index contributed by atoms with van der Waals surface area (Å²) in [4.78, 5) is 33.9. The summed E-state index contributed by atoms with van der Waals surface area (Å²) in [5.41, 5.74) is 1.47. The van der Waals surface area contributed by atoms with Crippen molar-refractivity contribution in [1.82, 2.24) is 20.2 Å². The van der Waals surface area contributed by atoms with Gasteiger partial charge in [-0.25, -0.2) is 14.8 Å². The summed E-state index contributed by atoms with van der Waals surface area (Å²) >= 11 is 0. The average molecular weight is 339 g/mol. The number of hydrogen-bond donors (Lipinski definition) is 2. The molecule has 0 radical (unpaired) electrons. The highest BCUT2D eigenvalue weighted by atomic mass is 16.2. The van der Waals surface area contributed by atoms with Crippen LogP contribution in [-0.4, -0.2) is 45.9 Å². The number of likely N-dealkylation sites (tertiary alicyclic amines) is 1. The first kappa shape index (κ1) is 16.9. The van der Waals surface area contributed by atoms with Gasteiger partial charge in [-0.15, -0.1) is 0 Å². The van der Waals surface area contributed by atoms with Crippen molar-refractivity contribution in [2.24, 2.45) is 0 Å². The van der Waals surface area contributed by atoms with Crippen molar-refractivity contribution >= 4 is 17.6 Å². The van der Waals surface area contributed by atoms with Crippen LogP contribution >= 0.6 is 0 Å². The molecule has 1 unspecified atom stereocenters. The molecule has 2 N–H and O–H groups in total. The Morgan fingerprint density at radius 2 is 1.88 bits per heavy atom. The first-order chi connectivity index (χ1) is 12.1. The van der Waals surface area contributed by atoms with Crippen molar-refractivity contribution < 1.29 is 9.59 Å². The van der Waals surface area contributed by atoms with Crippen LogP contribution in [0, 0.1) is 0 Å². The van der Waals surface area contributed by atoms with Crippen molar-refractivity contribution in [2.45, 2.75) is 25.8 Å². The van der Waals surface area contributed by atoms with E-state index in [1.807, 2.05) is 30.3 Å². The molecule has 0 saturated carbocycles. The normalized spacial score (nSPS) is 17.0. The zero-order valence-corrected chi connectivity index (χ0v) is 14.1. The number of nitrogens with zero attached hydrogens (tertiary/aromatic N) is 3. The largest absolute Gasteiger partial charge is 0.352 e. The summed E-state index contributed by atoms with van der Waals surface area (Å²) in [6.07, 6.45) is 4.95. The van der Waals surface area contributed by atoms with Crippen molar-refractivity contribution in [2.75, 3.05) is 18.4 Å². The van der Waals surface area contributed by atoms with Gasteiger partial charge in [0.1, 0.15) is 0 Å². The quantitative estimate of drug-likeness (QED) is 0.898. The molecule has 1 saturated heterocycles. The molecule has 1 fully saturated rings. The van der Waals surface area contributed by atoms with E-state index in [-0.39, 0.29) is 18.0 Å². The highest BCUT2D eigenvalue weighted by molar-refractivity contribution is 5.89. The Bertz CT molecular complexity index is 733. The standard InChI is InChI=1S/C18H21N5O2/c1-13(24)21-15-8-5-9-23(12-15)18(25)22-16-10-19-17(20-11-16)14-6-3-2-4-7-14/h2-4,6-7,10-11,15H,5,8-9,12H2,1H3,(H,21,24)(H,22,25). The summed E-state index contributed by atoms with van der Waals surface area (Å²) in [6, 6.07) is 9.46. The summed E-state index contributed by atoms with van der Waals surface area (Å²) in [5.74, 6) is 0.541. The third kappa shape index (κ3) is 4.53. The maximum absolute atomic E-state index is 12.4. The van der Waals surface area contributed by atoms with Gasteiger partial charge in [0.2, 0.25) is 5.91 Å². The van der Waals surface area contributed by atoms with Gasteiger partial charge >= 0.3 is 6.03 Å². The van der Waals surface area contributed by atoms with Crippen LogP contribution in [0.2, 0.25) is 0 Å². The molecule has 1 aliphatic heterocycles. The number of anilines is 1. The zero-order valence-electron chi connectivity index (χ0n) is 14.1. The number of rotatable bonds is 3. The number of carbonyl (C=O) groups is 2. The Morgan fingerprint density at radius 1 is 1.16 bits per heavy atom. The monoisotopic (exact) mass is 339 g/mol. The number of amides is 3. The van der Waals surface area contributed by atoms with Gasteiger partial charge in [-0.2, -0.15) is 0 Å². The van der Waals surface area contributed by atoms with Gasteiger partial charge in [-0.05, 0) is 12.8 Å². The second-order valence-electron chi connectivity index (χ2n) is 6.08. The minimum atomic E-state index is -0.203. The third-order valence-corrected chi connectivity index (χ3v) is 4.05. The number of benzene rings is 1. The van der Waals surface area contributed by atoms with Crippen LogP contribution in [-0.2, 0) is 4.79 Å². The fourth-order valence-electron chi connectivity index (χ4n) is 2.90. The number of aromatic nitrogens is 2. The summed E-state index contributed by atoms with van der Waals surface area (Å²) < 4.78 is 0. The van der Waals surface area contributed by atoms with Crippen LogP contribution < -0.4 is 10.6 Å². The first-order valence-electron chi connectivity index (χ1n) is 8.32. The number of carbonyl (C=O) groups excluding carboxylic acids is 2. The Labute approximate surface area is 146 Å². The molecule has 2 heterocycles. The Balaban J connectivity index is 1.60. The summed E-state index contributed by atoms with van der Waals surface area (Å²) in [7, 11) is 0. The molecule has 0 bridgehead atoms. The molecule has 2 aromatic rings. The van der Waals surface area contributed by atoms with Crippen LogP contribution in [0.1, 0.15) is 19.8 Å². The highest BCUT2D eigenvalue weighted by Gasteiger charge is 2.24. The molecule has 130 valence electrons. The second-order valence-corrected chi connectivity index (χ2v) is 6.08. The topological polar surface area (TPSA) is 87.2 Å². The minimum absolute atomic E-state index is 0.00806. The lowest BCUT2D eigenvalue weighted by Gasteiger charge is -2.32. The molecule has 7 nitrogen and oxygen atoms in total. The molecular weight excluding hydrogens is 318 g/mol. The predicted molar refractivity (Wildman–Crippen MR) is 94.9 cm³/mol. The fraction of sp³-hybridized carbons (Fsp3) is 0.333. The van der Waals surface area contributed by atoms with Crippen molar-refractivity contribution in [3.8, 4) is 11.4 Å². The van der Waals surface area contributed by atoms with E-state index in [4.69, 9.17) is 0 Å². The van der Waals surface area contributed by atoms with Gasteiger partial charge in [0.25, 0.3) is 0 Å². The molecule has 25 heavy (non-hydrogen) atoms. The lowest BCUT2D eigenvalue weighted by atomic mass is 10.1. The third-order valence-electron chi connectivity index (χ3n) is 4.05. The summed E-state index contributed by atoms with van der Waals surface area (Å²) in [5, 5.41) is 5.68. The Morgan fingerprint density at radius 3 is 2.56 bits per heavy atom. The Hall–Kier alpha value is -2.96. The van der Waals surface area contributed by atoms with Crippen LogP contribution in [0.25, 0.3) is 11.4 Å². The van der Waals surface area contributed by atoms with Crippen molar-refractivity contribution in [3.63, 3.8) is 0 Å². The van der Waals surface area contributed by atoms with E-state index in [2.05, 4.69) is 20.6 Å². The highest BCUT2D eigenvalue weighted by Crippen LogP contribution is 2.16. The van der Waals surface area contributed by atoms with E-state index in [9.17, 15) is 9.59 Å². The van der Waals surface area contributed by atoms with E-state index in [0.29, 0.717) is 24.6 Å². The molecule has 1 aromatic heterocycles. The van der Waals surface area contributed by atoms with Gasteiger partial charge < -0.3 is 15.5 Å². The van der Waals surface area contributed by atoms with E-state index >= 15 is 0 Å². The molecule has 7 heteroatoms. The van der Waals surface area contributed by atoms with Gasteiger partial charge in [0.05, 0.1) is 18.1 Å². The lowest BCUT2D eigenvalue weighted by Crippen LogP contribution is -2.50. The van der Waals surface area contributed by atoms with Crippen LogP contribution in [0.4, 0.5) is 10.5 Å². The molecular formula is C18H21N5O2. The number of piperidine rings is 1. The minimum Gasteiger partial charge on any atom is -0.352 e. The van der Waals surface area contributed by atoms with Gasteiger partial charge in [-0.3, -0.25) is 4.79 Å². The lowest BCUT2D eigenvalue weighted by molar-refractivity contribution is -0.119. The smallest absolute Gasteiger partial charge is 0.322 e. The average Bonchev–Trinajstić information content (AvgIpc) is 2.63. The second kappa shape index (κ2) is 7.74. The van der Waals surface area contributed by atoms with E-state index < -0.39 is 0 Å². The number of urea groups is 1. The van der Waals surface area contributed by atoms with Gasteiger partial charge in [0, 0.05) is 31.6 Å². The maximum atomic E-state index is 12.4. The molecule has 3 rings (SSSR count). The van der Waals surface area contributed by atoms with Crippen LogP contribution in [0.5, 0.6) is 0 Å². The fourth-order valence-corrected chi connectivity index (χ4v) is 2.90. The molecule has 1 aliphatic rings. The zero-order chi connectivity index (χ0) is 17.6. The van der Waals surface area contributed by atoms with E-state index in [0.717, 1.165) is 18.4 Å². The summed E-state index contributed by atoms with van der Waals surface area (Å²) in [6.45, 7) is 2.67. The number of nitrogens with one attached hydrogen (secondary N) is 2. The van der Waals surface area contributed by atoms with Crippen LogP contribution in [0.3, 0.4) is 0 Å². The van der Waals surface area contributed by atoms with Crippen molar-refractivity contribution in [3.05, 3.63) is 42.7 Å². The SMILES string of the molecule is CC(=O)NC1CCCN(C(=O)Nc2cnc(-c3ccccc3)nc2)C1. The van der Waals surface area contributed by atoms with Crippen LogP contribution in [0.15, 0.2) is 42.7 Å². The van der Waals surface area contributed by atoms with Crippen molar-refractivity contribution in [1.29, 1.82) is 0 Å². The molecule has 0 spiro atoms. The first-order valence-corrected chi connectivity index (χ1v) is 8.32. The van der Waals surface area contributed by atoms with Gasteiger partial charge in [-0.1, -0.05) is 30.3 Å². The van der Waals surface area contributed by atoms with E-state index in [1.54, 1.807) is 17.3 Å². The van der Waals surface area contributed by atoms with Gasteiger partial charge in [0.15, 0.2) is 5.82 Å². The predicted octanol–water partition coefficient (Wildman–Crippen LogP) is 2.28. The maximum Gasteiger partial charge on any atom is 0.322 e. The molecule has 1 atom stereocenters. The molecule has 3 amide bonds. The Kier molecular flexibility index (Phi) is 5.23. The molecule has 1 aromatic carbocycles. The molecule has 0 aliphatic carbocycles. The number of hydrogen-bond acceptors (Lipinski definition) is 4.